The van der Waals surface area contributed by atoms with Crippen LogP contribution in [0.2, 0.25) is 0 Å². The largest absolute Gasteiger partial charge is 0.359 e. The lowest BCUT2D eigenvalue weighted by Crippen LogP contribution is -2.44. The van der Waals surface area contributed by atoms with E-state index in [0.717, 1.165) is 12.0 Å². The van der Waals surface area contributed by atoms with Gasteiger partial charge in [0.1, 0.15) is 0 Å². The molecule has 0 aromatic heterocycles. The molecule has 2 rings (SSSR count). The number of benzene rings is 1. The fraction of sp³-hybridized carbons (Fsp3) is 0.500. The molecule has 0 saturated carbocycles. The highest BCUT2D eigenvalue weighted by molar-refractivity contribution is 7.89. The zero-order chi connectivity index (χ0) is 14.8. The van der Waals surface area contributed by atoms with E-state index in [1.54, 1.807) is 31.3 Å². The van der Waals surface area contributed by atoms with E-state index in [-0.39, 0.29) is 18.4 Å². The molecule has 6 heteroatoms. The van der Waals surface area contributed by atoms with Crippen molar-refractivity contribution in [1.82, 2.24) is 9.62 Å². The Morgan fingerprint density at radius 3 is 2.55 bits per heavy atom. The van der Waals surface area contributed by atoms with Crippen LogP contribution in [0.25, 0.3) is 0 Å². The number of sulfonamides is 1. The maximum Gasteiger partial charge on any atom is 0.243 e. The fourth-order valence-electron chi connectivity index (χ4n) is 2.44. The van der Waals surface area contributed by atoms with E-state index in [1.807, 2.05) is 6.92 Å². The smallest absolute Gasteiger partial charge is 0.243 e. The highest BCUT2D eigenvalue weighted by Crippen LogP contribution is 2.24. The molecular formula is C14H20N2O3S. The van der Waals surface area contributed by atoms with Gasteiger partial charge in [0, 0.05) is 20.1 Å². The molecule has 0 aliphatic carbocycles. The molecule has 1 aliphatic rings. The molecule has 0 radical (unpaired) electrons. The second-order valence-corrected chi connectivity index (χ2v) is 7.07. The molecule has 1 fully saturated rings. The van der Waals surface area contributed by atoms with E-state index in [1.165, 1.54) is 4.31 Å². The molecule has 1 heterocycles. The highest BCUT2D eigenvalue weighted by Gasteiger charge is 2.32. The normalized spacial score (nSPS) is 20.6. The Bertz CT molecular complexity index is 581. The van der Waals surface area contributed by atoms with Crippen LogP contribution in [-0.2, 0) is 14.8 Å². The average molecular weight is 296 g/mol. The van der Waals surface area contributed by atoms with Gasteiger partial charge in [0.25, 0.3) is 0 Å². The quantitative estimate of drug-likeness (QED) is 0.909. The lowest BCUT2D eigenvalue weighted by molar-refractivity contribution is -0.125. The lowest BCUT2D eigenvalue weighted by Gasteiger charge is -2.30. The van der Waals surface area contributed by atoms with Gasteiger partial charge in [-0.1, -0.05) is 17.7 Å². The van der Waals surface area contributed by atoms with Crippen LogP contribution in [0.4, 0.5) is 0 Å². The Morgan fingerprint density at radius 2 is 1.95 bits per heavy atom. The van der Waals surface area contributed by atoms with Crippen LogP contribution in [-0.4, -0.2) is 38.8 Å². The summed E-state index contributed by atoms with van der Waals surface area (Å²) in [6.07, 6.45) is 1.45. The first-order chi connectivity index (χ1) is 9.45. The van der Waals surface area contributed by atoms with Crippen LogP contribution in [0.3, 0.4) is 0 Å². The van der Waals surface area contributed by atoms with E-state index in [0.29, 0.717) is 17.9 Å². The maximum atomic E-state index is 12.5. The summed E-state index contributed by atoms with van der Waals surface area (Å²) >= 11 is 0. The SMILES string of the molecule is CNC(=O)[C@H]1CCCN(S(=O)(=O)c2ccc(C)cc2)C1. The van der Waals surface area contributed by atoms with Gasteiger partial charge in [-0.15, -0.1) is 0 Å². The summed E-state index contributed by atoms with van der Waals surface area (Å²) in [6, 6.07) is 6.81. The van der Waals surface area contributed by atoms with Crippen molar-refractivity contribution < 1.29 is 13.2 Å². The first-order valence-corrected chi connectivity index (χ1v) is 8.17. The zero-order valence-corrected chi connectivity index (χ0v) is 12.6. The summed E-state index contributed by atoms with van der Waals surface area (Å²) in [5.74, 6) is -0.345. The van der Waals surface area contributed by atoms with Crippen molar-refractivity contribution >= 4 is 15.9 Å². The molecule has 1 aromatic carbocycles. The fourth-order valence-corrected chi connectivity index (χ4v) is 3.96. The number of hydrogen-bond donors (Lipinski definition) is 1. The lowest BCUT2D eigenvalue weighted by atomic mass is 9.99. The van der Waals surface area contributed by atoms with Gasteiger partial charge in [0.2, 0.25) is 15.9 Å². The van der Waals surface area contributed by atoms with Gasteiger partial charge in [-0.05, 0) is 31.9 Å². The van der Waals surface area contributed by atoms with Crippen molar-refractivity contribution in [3.63, 3.8) is 0 Å². The minimum Gasteiger partial charge on any atom is -0.359 e. The Labute approximate surface area is 120 Å². The number of carbonyl (C=O) groups is 1. The number of rotatable bonds is 3. The van der Waals surface area contributed by atoms with Crippen LogP contribution < -0.4 is 5.32 Å². The molecule has 0 spiro atoms. The van der Waals surface area contributed by atoms with Crippen LogP contribution in [0.15, 0.2) is 29.2 Å². The second-order valence-electron chi connectivity index (χ2n) is 5.13. The molecule has 20 heavy (non-hydrogen) atoms. The van der Waals surface area contributed by atoms with Crippen molar-refractivity contribution in [3.8, 4) is 0 Å². The van der Waals surface area contributed by atoms with Gasteiger partial charge in [-0.25, -0.2) is 8.42 Å². The Hall–Kier alpha value is -1.40. The highest BCUT2D eigenvalue weighted by atomic mass is 32.2. The van der Waals surface area contributed by atoms with Gasteiger partial charge in [-0.3, -0.25) is 4.79 Å². The monoisotopic (exact) mass is 296 g/mol. The molecule has 1 aromatic rings. The van der Waals surface area contributed by atoms with Crippen LogP contribution in [0.5, 0.6) is 0 Å². The Morgan fingerprint density at radius 1 is 1.30 bits per heavy atom. The molecule has 1 atom stereocenters. The van der Waals surface area contributed by atoms with Crippen molar-refractivity contribution in [3.05, 3.63) is 29.8 Å². The van der Waals surface area contributed by atoms with E-state index < -0.39 is 10.0 Å². The van der Waals surface area contributed by atoms with Crippen molar-refractivity contribution in [2.45, 2.75) is 24.7 Å². The number of aryl methyl sites for hydroxylation is 1. The van der Waals surface area contributed by atoms with E-state index in [2.05, 4.69) is 5.32 Å². The zero-order valence-electron chi connectivity index (χ0n) is 11.8. The second kappa shape index (κ2) is 5.93. The number of nitrogens with zero attached hydrogens (tertiary/aromatic N) is 1. The molecule has 1 saturated heterocycles. The molecule has 0 unspecified atom stereocenters. The van der Waals surface area contributed by atoms with Crippen LogP contribution >= 0.6 is 0 Å². The standard InChI is InChI=1S/C14H20N2O3S/c1-11-5-7-13(8-6-11)20(18,19)16-9-3-4-12(10-16)14(17)15-2/h5-8,12H,3-4,9-10H2,1-2H3,(H,15,17)/t12-/m0/s1. The van der Waals surface area contributed by atoms with Crippen molar-refractivity contribution in [2.24, 2.45) is 5.92 Å². The third-order valence-electron chi connectivity index (χ3n) is 3.66. The minimum absolute atomic E-state index is 0.0891. The molecule has 1 aliphatic heterocycles. The van der Waals surface area contributed by atoms with Gasteiger partial charge in [0.05, 0.1) is 10.8 Å². The molecule has 1 amide bonds. The number of nitrogens with one attached hydrogen (secondary N) is 1. The Balaban J connectivity index is 2.21. The van der Waals surface area contributed by atoms with Gasteiger partial charge in [0.15, 0.2) is 0 Å². The van der Waals surface area contributed by atoms with Gasteiger partial charge >= 0.3 is 0 Å². The summed E-state index contributed by atoms with van der Waals surface area (Å²) in [5.41, 5.74) is 1.02. The summed E-state index contributed by atoms with van der Waals surface area (Å²) < 4.78 is 26.5. The molecule has 5 nitrogen and oxygen atoms in total. The Kier molecular flexibility index (Phi) is 4.45. The summed E-state index contributed by atoms with van der Waals surface area (Å²) in [7, 11) is -1.92. The molecule has 110 valence electrons. The van der Waals surface area contributed by atoms with E-state index in [9.17, 15) is 13.2 Å². The summed E-state index contributed by atoms with van der Waals surface area (Å²) in [5, 5.41) is 2.59. The third-order valence-corrected chi connectivity index (χ3v) is 5.54. The minimum atomic E-state index is -3.50. The summed E-state index contributed by atoms with van der Waals surface area (Å²) in [4.78, 5) is 12.0. The van der Waals surface area contributed by atoms with Crippen LogP contribution in [0, 0.1) is 12.8 Å². The number of piperidine rings is 1. The van der Waals surface area contributed by atoms with Gasteiger partial charge < -0.3 is 5.32 Å². The number of amides is 1. The van der Waals surface area contributed by atoms with Crippen molar-refractivity contribution in [1.29, 1.82) is 0 Å². The molecular weight excluding hydrogens is 276 g/mol. The first-order valence-electron chi connectivity index (χ1n) is 6.73. The van der Waals surface area contributed by atoms with Gasteiger partial charge in [-0.2, -0.15) is 4.31 Å². The van der Waals surface area contributed by atoms with E-state index >= 15 is 0 Å². The first kappa shape index (κ1) is 15.0. The topological polar surface area (TPSA) is 66.5 Å². The third kappa shape index (κ3) is 3.02. The number of carbonyl (C=O) groups excluding carboxylic acids is 1. The predicted octanol–water partition coefficient (Wildman–Crippen LogP) is 1.14. The van der Waals surface area contributed by atoms with Crippen LogP contribution in [0.1, 0.15) is 18.4 Å². The molecule has 0 bridgehead atoms. The van der Waals surface area contributed by atoms with Crippen molar-refractivity contribution in [2.75, 3.05) is 20.1 Å². The summed E-state index contributed by atoms with van der Waals surface area (Å²) in [6.45, 7) is 2.65. The predicted molar refractivity (Wildman–Crippen MR) is 76.7 cm³/mol. The average Bonchev–Trinajstić information content (AvgIpc) is 2.47. The molecule has 1 N–H and O–H groups in total. The van der Waals surface area contributed by atoms with E-state index in [4.69, 9.17) is 0 Å². The number of hydrogen-bond acceptors (Lipinski definition) is 3. The maximum absolute atomic E-state index is 12.5.